The van der Waals surface area contributed by atoms with E-state index in [1.807, 2.05) is 25.1 Å². The van der Waals surface area contributed by atoms with Crippen LogP contribution in [-0.2, 0) is 6.42 Å². The zero-order chi connectivity index (χ0) is 9.97. The van der Waals surface area contributed by atoms with E-state index in [2.05, 4.69) is 32.2 Å². The smallest absolute Gasteiger partial charge is 0.121 e. The van der Waals surface area contributed by atoms with Crippen LogP contribution in [0.4, 0.5) is 0 Å². The minimum Gasteiger partial charge on any atom is -0.144 e. The van der Waals surface area contributed by atoms with Crippen LogP contribution in [0, 0.1) is 6.92 Å². The summed E-state index contributed by atoms with van der Waals surface area (Å²) in [5.41, 5.74) is 1.25. The van der Waals surface area contributed by atoms with Crippen LogP contribution in [-0.4, -0.2) is 10.2 Å². The highest BCUT2D eigenvalue weighted by Gasteiger charge is 2.04. The highest BCUT2D eigenvalue weighted by atomic mass is 79.9. The molecule has 0 aliphatic heterocycles. The lowest BCUT2D eigenvalue weighted by Crippen LogP contribution is -1.88. The van der Waals surface area contributed by atoms with Crippen LogP contribution in [0.2, 0.25) is 0 Å². The lowest BCUT2D eigenvalue weighted by atomic mass is 10.2. The molecule has 0 unspecified atom stereocenters. The van der Waals surface area contributed by atoms with Gasteiger partial charge in [0, 0.05) is 10.9 Å². The number of aryl methyl sites for hydroxylation is 1. The van der Waals surface area contributed by atoms with Gasteiger partial charge in [-0.25, -0.2) is 0 Å². The predicted octanol–water partition coefficient (Wildman–Crippen LogP) is 3.20. The number of hydrogen-bond donors (Lipinski definition) is 0. The predicted molar refractivity (Wildman–Crippen MR) is 61.6 cm³/mol. The van der Waals surface area contributed by atoms with Crippen molar-refractivity contribution in [2.45, 2.75) is 13.3 Å². The van der Waals surface area contributed by atoms with Gasteiger partial charge in [-0.1, -0.05) is 34.1 Å². The molecule has 2 aromatic rings. The van der Waals surface area contributed by atoms with Crippen LogP contribution in [0.25, 0.3) is 0 Å². The molecule has 1 aromatic carbocycles. The second-order valence-electron chi connectivity index (χ2n) is 2.98. The summed E-state index contributed by atoms with van der Waals surface area (Å²) in [6, 6.07) is 8.19. The molecule has 0 amide bonds. The largest absolute Gasteiger partial charge is 0.144 e. The minimum atomic E-state index is 0.854. The van der Waals surface area contributed by atoms with E-state index >= 15 is 0 Å². The van der Waals surface area contributed by atoms with E-state index in [-0.39, 0.29) is 0 Å². The Morgan fingerprint density at radius 1 is 1.29 bits per heavy atom. The van der Waals surface area contributed by atoms with Crippen molar-refractivity contribution in [3.63, 3.8) is 0 Å². The van der Waals surface area contributed by atoms with Crippen molar-refractivity contribution in [1.82, 2.24) is 10.2 Å². The summed E-state index contributed by atoms with van der Waals surface area (Å²) in [7, 11) is 0. The fraction of sp³-hybridized carbons (Fsp3) is 0.200. The Kier molecular flexibility index (Phi) is 2.93. The molecule has 4 heteroatoms. The monoisotopic (exact) mass is 268 g/mol. The van der Waals surface area contributed by atoms with E-state index in [0.29, 0.717) is 0 Å². The van der Waals surface area contributed by atoms with Crippen LogP contribution in [0.1, 0.15) is 15.6 Å². The first-order chi connectivity index (χ1) is 6.75. The maximum absolute atomic E-state index is 4.10. The molecule has 0 aliphatic rings. The first kappa shape index (κ1) is 9.80. The third kappa shape index (κ3) is 2.19. The third-order valence-electron chi connectivity index (χ3n) is 1.87. The maximum Gasteiger partial charge on any atom is 0.121 e. The quantitative estimate of drug-likeness (QED) is 0.836. The SMILES string of the molecule is Cc1nnc(Cc2ccccc2Br)s1. The molecule has 0 radical (unpaired) electrons. The van der Waals surface area contributed by atoms with Gasteiger partial charge in [0.2, 0.25) is 0 Å². The fourth-order valence-corrected chi connectivity index (χ4v) is 2.37. The zero-order valence-electron chi connectivity index (χ0n) is 7.70. The molecule has 0 aliphatic carbocycles. The van der Waals surface area contributed by atoms with Crippen LogP contribution < -0.4 is 0 Å². The second kappa shape index (κ2) is 4.19. The van der Waals surface area contributed by atoms with Crippen molar-refractivity contribution in [3.05, 3.63) is 44.3 Å². The third-order valence-corrected chi connectivity index (χ3v) is 3.48. The molecule has 2 rings (SSSR count). The molecular formula is C10H9BrN2S. The number of halogens is 1. The van der Waals surface area contributed by atoms with E-state index in [0.717, 1.165) is 20.9 Å². The van der Waals surface area contributed by atoms with Crippen molar-refractivity contribution in [1.29, 1.82) is 0 Å². The summed E-state index contributed by atoms with van der Waals surface area (Å²) in [6.45, 7) is 1.97. The number of benzene rings is 1. The molecule has 0 spiro atoms. The number of aromatic nitrogens is 2. The average molecular weight is 269 g/mol. The molecule has 14 heavy (non-hydrogen) atoms. The summed E-state index contributed by atoms with van der Waals surface area (Å²) < 4.78 is 1.13. The van der Waals surface area contributed by atoms with Crippen molar-refractivity contribution < 1.29 is 0 Å². The van der Waals surface area contributed by atoms with Gasteiger partial charge in [0.15, 0.2) is 0 Å². The van der Waals surface area contributed by atoms with Crippen LogP contribution in [0.5, 0.6) is 0 Å². The van der Waals surface area contributed by atoms with Crippen molar-refractivity contribution in [3.8, 4) is 0 Å². The summed E-state index contributed by atoms with van der Waals surface area (Å²) in [5, 5.41) is 10.2. The lowest BCUT2D eigenvalue weighted by molar-refractivity contribution is 0.980. The first-order valence-electron chi connectivity index (χ1n) is 4.28. The molecular weight excluding hydrogens is 260 g/mol. The van der Waals surface area contributed by atoms with E-state index in [9.17, 15) is 0 Å². The van der Waals surface area contributed by atoms with Crippen molar-refractivity contribution in [2.24, 2.45) is 0 Å². The first-order valence-corrected chi connectivity index (χ1v) is 5.89. The number of nitrogens with zero attached hydrogens (tertiary/aromatic N) is 2. The molecule has 0 saturated heterocycles. The van der Waals surface area contributed by atoms with E-state index in [4.69, 9.17) is 0 Å². The second-order valence-corrected chi connectivity index (χ2v) is 5.10. The Labute approximate surface area is 95.1 Å². The van der Waals surface area contributed by atoms with Gasteiger partial charge in [-0.15, -0.1) is 21.5 Å². The van der Waals surface area contributed by atoms with Gasteiger partial charge in [0.25, 0.3) is 0 Å². The minimum absolute atomic E-state index is 0.854. The standard InChI is InChI=1S/C10H9BrN2S/c1-7-12-13-10(14-7)6-8-4-2-3-5-9(8)11/h2-5H,6H2,1H3. The topological polar surface area (TPSA) is 25.8 Å². The highest BCUT2D eigenvalue weighted by molar-refractivity contribution is 9.10. The maximum atomic E-state index is 4.10. The summed E-state index contributed by atoms with van der Waals surface area (Å²) in [5.74, 6) is 0. The summed E-state index contributed by atoms with van der Waals surface area (Å²) in [6.07, 6.45) is 0.854. The van der Waals surface area contributed by atoms with Crippen molar-refractivity contribution in [2.75, 3.05) is 0 Å². The molecule has 0 N–H and O–H groups in total. The Morgan fingerprint density at radius 3 is 2.71 bits per heavy atom. The highest BCUT2D eigenvalue weighted by Crippen LogP contribution is 2.20. The van der Waals surface area contributed by atoms with Gasteiger partial charge in [-0.05, 0) is 18.6 Å². The number of hydrogen-bond acceptors (Lipinski definition) is 3. The molecule has 72 valence electrons. The molecule has 0 bridgehead atoms. The van der Waals surface area contributed by atoms with Crippen LogP contribution >= 0.6 is 27.3 Å². The average Bonchev–Trinajstić information content (AvgIpc) is 2.56. The molecule has 2 nitrogen and oxygen atoms in total. The summed E-state index contributed by atoms with van der Waals surface area (Å²) in [4.78, 5) is 0. The normalized spacial score (nSPS) is 10.4. The van der Waals surface area contributed by atoms with Crippen molar-refractivity contribution >= 4 is 27.3 Å². The van der Waals surface area contributed by atoms with Crippen LogP contribution in [0.15, 0.2) is 28.7 Å². The molecule has 1 heterocycles. The Hall–Kier alpha value is -0.740. The molecule has 1 aromatic heterocycles. The van der Waals surface area contributed by atoms with E-state index in [1.54, 1.807) is 11.3 Å². The molecule has 0 atom stereocenters. The summed E-state index contributed by atoms with van der Waals surface area (Å²) >= 11 is 5.17. The number of rotatable bonds is 2. The van der Waals surface area contributed by atoms with E-state index < -0.39 is 0 Å². The Balaban J connectivity index is 2.23. The Morgan fingerprint density at radius 2 is 2.07 bits per heavy atom. The van der Waals surface area contributed by atoms with Gasteiger partial charge in [-0.2, -0.15) is 0 Å². The van der Waals surface area contributed by atoms with E-state index in [1.165, 1.54) is 5.56 Å². The van der Waals surface area contributed by atoms with Gasteiger partial charge < -0.3 is 0 Å². The van der Waals surface area contributed by atoms with Gasteiger partial charge in [0.1, 0.15) is 10.0 Å². The fourth-order valence-electron chi connectivity index (χ4n) is 1.21. The zero-order valence-corrected chi connectivity index (χ0v) is 10.1. The van der Waals surface area contributed by atoms with Crippen LogP contribution in [0.3, 0.4) is 0 Å². The Bertz CT molecular complexity index is 439. The van der Waals surface area contributed by atoms with Gasteiger partial charge >= 0.3 is 0 Å². The molecule has 0 saturated carbocycles. The van der Waals surface area contributed by atoms with Gasteiger partial charge in [0.05, 0.1) is 0 Å². The molecule has 0 fully saturated rings. The van der Waals surface area contributed by atoms with Gasteiger partial charge in [-0.3, -0.25) is 0 Å². The lowest BCUT2D eigenvalue weighted by Gasteiger charge is -1.99.